The lowest BCUT2D eigenvalue weighted by Gasteiger charge is -1.99. The smallest absolute Gasteiger partial charge is 0.147 e. The maximum Gasteiger partial charge on any atom is 0.147 e. The van der Waals surface area contributed by atoms with Crippen molar-refractivity contribution in [3.8, 4) is 5.75 Å². The molecule has 0 bridgehead atoms. The standard InChI is InChI=1S/C8H10NO/c1-3-10-8-5-4-7(2)9-6-8/h4-5H,3H2,1-2H3. The third-order valence-corrected chi connectivity index (χ3v) is 1.12. The number of ether oxygens (including phenoxy) is 1. The molecule has 1 aromatic rings. The van der Waals surface area contributed by atoms with Crippen LogP contribution in [0.5, 0.6) is 5.75 Å². The molecule has 0 N–H and O–H groups in total. The van der Waals surface area contributed by atoms with Crippen LogP contribution < -0.4 is 4.74 Å². The molecule has 1 heterocycles. The van der Waals surface area contributed by atoms with E-state index in [0.717, 1.165) is 5.69 Å². The molecule has 1 radical (unpaired) electrons. The van der Waals surface area contributed by atoms with Crippen LogP contribution in [0.3, 0.4) is 0 Å². The molecular weight excluding hydrogens is 126 g/mol. The van der Waals surface area contributed by atoms with E-state index in [2.05, 4.69) is 11.2 Å². The molecule has 0 atom stereocenters. The number of aromatic nitrogens is 1. The van der Waals surface area contributed by atoms with E-state index >= 15 is 0 Å². The molecule has 0 aliphatic carbocycles. The molecule has 2 heteroatoms. The summed E-state index contributed by atoms with van der Waals surface area (Å²) in [5.74, 6) is 0.716. The summed E-state index contributed by atoms with van der Waals surface area (Å²) in [6, 6.07) is 3.77. The van der Waals surface area contributed by atoms with Gasteiger partial charge in [-0.3, -0.25) is 0 Å². The lowest BCUT2D eigenvalue weighted by Crippen LogP contribution is -1.92. The van der Waals surface area contributed by atoms with Crippen molar-refractivity contribution in [3.05, 3.63) is 24.0 Å². The fraction of sp³-hybridized carbons (Fsp3) is 0.375. The summed E-state index contributed by atoms with van der Waals surface area (Å²) in [7, 11) is 0. The fourth-order valence-electron chi connectivity index (χ4n) is 0.650. The number of hydrogen-bond donors (Lipinski definition) is 0. The zero-order valence-corrected chi connectivity index (χ0v) is 6.22. The molecule has 0 spiro atoms. The Hall–Kier alpha value is -1.05. The van der Waals surface area contributed by atoms with Crippen LogP contribution >= 0.6 is 0 Å². The number of pyridine rings is 1. The highest BCUT2D eigenvalue weighted by atomic mass is 16.5. The summed E-state index contributed by atoms with van der Waals surface area (Å²) < 4.78 is 5.14. The van der Waals surface area contributed by atoms with Gasteiger partial charge in [-0.05, 0) is 26.0 Å². The number of hydrogen-bond acceptors (Lipinski definition) is 2. The van der Waals surface area contributed by atoms with Gasteiger partial charge in [0.05, 0.1) is 6.61 Å². The molecule has 53 valence electrons. The van der Waals surface area contributed by atoms with Gasteiger partial charge in [-0.1, -0.05) is 0 Å². The molecule has 0 saturated heterocycles. The van der Waals surface area contributed by atoms with Gasteiger partial charge < -0.3 is 4.74 Å². The minimum Gasteiger partial charge on any atom is -0.492 e. The molecule has 0 fully saturated rings. The summed E-state index contributed by atoms with van der Waals surface area (Å²) in [5.41, 5.74) is 0.962. The van der Waals surface area contributed by atoms with Crippen LogP contribution in [-0.2, 0) is 0 Å². The van der Waals surface area contributed by atoms with Gasteiger partial charge >= 0.3 is 0 Å². The molecule has 1 rings (SSSR count). The van der Waals surface area contributed by atoms with Crippen molar-refractivity contribution in [1.82, 2.24) is 4.98 Å². The van der Waals surface area contributed by atoms with Crippen LogP contribution in [0.25, 0.3) is 0 Å². The Kier molecular flexibility index (Phi) is 2.26. The number of rotatable bonds is 2. The average Bonchev–Trinajstić information content (AvgIpc) is 1.95. The lowest BCUT2D eigenvalue weighted by molar-refractivity contribution is 0.338. The zero-order valence-electron chi connectivity index (χ0n) is 6.22. The first kappa shape index (κ1) is 7.06. The third kappa shape index (κ3) is 1.72. The predicted octanol–water partition coefficient (Wildman–Crippen LogP) is 1.59. The summed E-state index contributed by atoms with van der Waals surface area (Å²) in [4.78, 5) is 3.95. The normalized spacial score (nSPS) is 9.40. The maximum atomic E-state index is 5.14. The Morgan fingerprint density at radius 1 is 1.60 bits per heavy atom. The minimum absolute atomic E-state index is 0.668. The molecule has 1 aromatic heterocycles. The second kappa shape index (κ2) is 3.20. The third-order valence-electron chi connectivity index (χ3n) is 1.12. The molecule has 0 amide bonds. The van der Waals surface area contributed by atoms with E-state index in [9.17, 15) is 0 Å². The topological polar surface area (TPSA) is 22.1 Å². The van der Waals surface area contributed by atoms with E-state index in [0.29, 0.717) is 12.4 Å². The van der Waals surface area contributed by atoms with Crippen LogP contribution in [0.2, 0.25) is 0 Å². The zero-order chi connectivity index (χ0) is 7.40. The largest absolute Gasteiger partial charge is 0.492 e. The SMILES string of the molecule is CCOc1[c]nc(C)cc1. The highest BCUT2D eigenvalue weighted by Gasteiger charge is 1.90. The highest BCUT2D eigenvalue weighted by molar-refractivity contribution is 5.17. The second-order valence-electron chi connectivity index (χ2n) is 2.00. The quantitative estimate of drug-likeness (QED) is 0.616. The van der Waals surface area contributed by atoms with Gasteiger partial charge in [0.1, 0.15) is 11.9 Å². The van der Waals surface area contributed by atoms with E-state index in [1.54, 1.807) is 0 Å². The van der Waals surface area contributed by atoms with Crippen molar-refractivity contribution in [2.24, 2.45) is 0 Å². The predicted molar refractivity (Wildman–Crippen MR) is 39.0 cm³/mol. The highest BCUT2D eigenvalue weighted by Crippen LogP contribution is 2.06. The first-order valence-corrected chi connectivity index (χ1v) is 3.31. The van der Waals surface area contributed by atoms with Gasteiger partial charge in [-0.25, -0.2) is 4.98 Å². The summed E-state index contributed by atoms with van der Waals surface area (Å²) in [6.07, 6.45) is 2.77. The molecule has 0 aliphatic heterocycles. The van der Waals surface area contributed by atoms with E-state index in [1.165, 1.54) is 0 Å². The van der Waals surface area contributed by atoms with E-state index in [-0.39, 0.29) is 0 Å². The van der Waals surface area contributed by atoms with Gasteiger partial charge in [0, 0.05) is 5.69 Å². The molecule has 0 saturated carbocycles. The van der Waals surface area contributed by atoms with Crippen molar-refractivity contribution in [3.63, 3.8) is 0 Å². The van der Waals surface area contributed by atoms with E-state index in [1.807, 2.05) is 26.0 Å². The minimum atomic E-state index is 0.668. The Morgan fingerprint density at radius 2 is 2.40 bits per heavy atom. The van der Waals surface area contributed by atoms with Crippen LogP contribution in [-0.4, -0.2) is 11.6 Å². The van der Waals surface area contributed by atoms with Crippen LogP contribution in [0.1, 0.15) is 12.6 Å². The fourth-order valence-corrected chi connectivity index (χ4v) is 0.650. The van der Waals surface area contributed by atoms with Gasteiger partial charge in [-0.15, -0.1) is 0 Å². The van der Waals surface area contributed by atoms with E-state index < -0.39 is 0 Å². The maximum absolute atomic E-state index is 5.14. The Balaban J connectivity index is 2.69. The first-order chi connectivity index (χ1) is 4.83. The van der Waals surface area contributed by atoms with Gasteiger partial charge in [0.15, 0.2) is 0 Å². The van der Waals surface area contributed by atoms with Crippen LogP contribution in [0.4, 0.5) is 0 Å². The Labute approximate surface area is 60.9 Å². The molecule has 2 nitrogen and oxygen atoms in total. The summed E-state index contributed by atoms with van der Waals surface area (Å²) in [6.45, 7) is 4.53. The molecule has 0 aliphatic rings. The Morgan fingerprint density at radius 3 is 2.90 bits per heavy atom. The van der Waals surface area contributed by atoms with Crippen molar-refractivity contribution in [1.29, 1.82) is 0 Å². The van der Waals surface area contributed by atoms with Gasteiger partial charge in [0.2, 0.25) is 0 Å². The van der Waals surface area contributed by atoms with Crippen LogP contribution in [0, 0.1) is 13.1 Å². The van der Waals surface area contributed by atoms with Crippen molar-refractivity contribution in [2.45, 2.75) is 13.8 Å². The van der Waals surface area contributed by atoms with Crippen molar-refractivity contribution in [2.75, 3.05) is 6.61 Å². The monoisotopic (exact) mass is 136 g/mol. The number of aryl methyl sites for hydroxylation is 1. The van der Waals surface area contributed by atoms with Crippen molar-refractivity contribution >= 4 is 0 Å². The second-order valence-corrected chi connectivity index (χ2v) is 2.00. The van der Waals surface area contributed by atoms with E-state index in [4.69, 9.17) is 4.74 Å². The van der Waals surface area contributed by atoms with Crippen molar-refractivity contribution < 1.29 is 4.74 Å². The summed E-state index contributed by atoms with van der Waals surface area (Å²) in [5, 5.41) is 0. The average molecular weight is 136 g/mol. The Bertz CT molecular complexity index is 193. The first-order valence-electron chi connectivity index (χ1n) is 3.31. The molecule has 0 unspecified atom stereocenters. The van der Waals surface area contributed by atoms with Crippen LogP contribution in [0.15, 0.2) is 12.1 Å². The molecule has 10 heavy (non-hydrogen) atoms. The molecular formula is C8H10NO. The lowest BCUT2D eigenvalue weighted by atomic mass is 10.4. The van der Waals surface area contributed by atoms with Gasteiger partial charge in [0.25, 0.3) is 0 Å². The molecule has 0 aromatic carbocycles. The van der Waals surface area contributed by atoms with Gasteiger partial charge in [-0.2, -0.15) is 0 Å². The summed E-state index contributed by atoms with van der Waals surface area (Å²) >= 11 is 0. The number of nitrogens with zero attached hydrogens (tertiary/aromatic N) is 1.